The molecule has 17 heavy (non-hydrogen) atoms. The van der Waals surface area contributed by atoms with Crippen molar-refractivity contribution in [3.8, 4) is 0 Å². The van der Waals surface area contributed by atoms with Gasteiger partial charge in [-0.25, -0.2) is 0 Å². The molecule has 1 fully saturated rings. The predicted molar refractivity (Wildman–Crippen MR) is 55.9 cm³/mol. The SMILES string of the molecule is CC(C)CC1C[C@H](O[N+](=O)[O-])[C@H](O[N+](=O)[O-])C1. The molecule has 0 spiro atoms. The number of hydrogen-bond donors (Lipinski definition) is 0. The predicted octanol–water partition coefficient (Wildman–Crippen LogP) is 1.60. The quantitative estimate of drug-likeness (QED) is 0.522. The Kier molecular flexibility index (Phi) is 4.47. The van der Waals surface area contributed by atoms with Gasteiger partial charge in [-0.05, 0) is 31.1 Å². The molecular weight excluding hydrogens is 232 g/mol. The van der Waals surface area contributed by atoms with Crippen LogP contribution in [0.15, 0.2) is 0 Å². The van der Waals surface area contributed by atoms with Crippen LogP contribution in [0.25, 0.3) is 0 Å². The zero-order valence-electron chi connectivity index (χ0n) is 9.77. The molecule has 98 valence electrons. The standard InChI is InChI=1S/C9H16N2O6/c1-6(2)3-7-4-8(16-10(12)13)9(5-7)17-11(14)15/h6-9H,3-5H2,1-2H3/t7?,8-,9+. The average molecular weight is 248 g/mol. The smallest absolute Gasteiger partial charge is 0.294 e. The highest BCUT2D eigenvalue weighted by Gasteiger charge is 2.39. The minimum Gasteiger partial charge on any atom is -0.308 e. The van der Waals surface area contributed by atoms with E-state index in [4.69, 9.17) is 0 Å². The molecule has 0 N–H and O–H groups in total. The van der Waals surface area contributed by atoms with Gasteiger partial charge in [0.15, 0.2) is 0 Å². The Hall–Kier alpha value is -1.60. The topological polar surface area (TPSA) is 105 Å². The van der Waals surface area contributed by atoms with Crippen LogP contribution >= 0.6 is 0 Å². The summed E-state index contributed by atoms with van der Waals surface area (Å²) in [6, 6.07) is 0. The van der Waals surface area contributed by atoms with Crippen LogP contribution in [0, 0.1) is 32.1 Å². The van der Waals surface area contributed by atoms with Gasteiger partial charge in [0.05, 0.1) is 0 Å². The van der Waals surface area contributed by atoms with Crippen LogP contribution in [0.1, 0.15) is 33.1 Å². The lowest BCUT2D eigenvalue weighted by molar-refractivity contribution is -0.797. The van der Waals surface area contributed by atoms with Crippen molar-refractivity contribution in [3.63, 3.8) is 0 Å². The molecule has 0 radical (unpaired) electrons. The zero-order valence-corrected chi connectivity index (χ0v) is 9.77. The molecule has 0 aliphatic heterocycles. The number of hydrogen-bond acceptors (Lipinski definition) is 6. The highest BCUT2D eigenvalue weighted by molar-refractivity contribution is 4.84. The van der Waals surface area contributed by atoms with Crippen LogP contribution in [0.2, 0.25) is 0 Å². The van der Waals surface area contributed by atoms with E-state index in [9.17, 15) is 20.2 Å². The fourth-order valence-electron chi connectivity index (χ4n) is 2.36. The molecule has 0 heterocycles. The lowest BCUT2D eigenvalue weighted by Crippen LogP contribution is -2.30. The van der Waals surface area contributed by atoms with E-state index in [1.165, 1.54) is 0 Å². The largest absolute Gasteiger partial charge is 0.308 e. The van der Waals surface area contributed by atoms with Gasteiger partial charge in [0.25, 0.3) is 10.2 Å². The first-order valence-corrected chi connectivity index (χ1v) is 5.50. The molecule has 1 aliphatic carbocycles. The third-order valence-corrected chi connectivity index (χ3v) is 2.79. The summed E-state index contributed by atoms with van der Waals surface area (Å²) in [7, 11) is 0. The van der Waals surface area contributed by atoms with Gasteiger partial charge in [0, 0.05) is 0 Å². The minimum atomic E-state index is -0.918. The van der Waals surface area contributed by atoms with Gasteiger partial charge >= 0.3 is 0 Å². The first kappa shape index (κ1) is 13.5. The van der Waals surface area contributed by atoms with Crippen molar-refractivity contribution >= 4 is 0 Å². The number of nitrogens with zero attached hydrogens (tertiary/aromatic N) is 2. The van der Waals surface area contributed by atoms with Crippen molar-refractivity contribution in [2.24, 2.45) is 11.8 Å². The molecule has 1 unspecified atom stereocenters. The first-order valence-electron chi connectivity index (χ1n) is 5.50. The monoisotopic (exact) mass is 248 g/mol. The van der Waals surface area contributed by atoms with Gasteiger partial charge in [0.1, 0.15) is 12.2 Å². The van der Waals surface area contributed by atoms with Crippen molar-refractivity contribution in [2.75, 3.05) is 0 Å². The summed E-state index contributed by atoms with van der Waals surface area (Å²) in [5, 5.41) is 18.7. The van der Waals surface area contributed by atoms with Crippen molar-refractivity contribution in [1.29, 1.82) is 0 Å². The Labute approximate surface area is 98.1 Å². The molecular formula is C9H16N2O6. The second-order valence-electron chi connectivity index (χ2n) is 4.70. The summed E-state index contributed by atoms with van der Waals surface area (Å²) in [4.78, 5) is 29.4. The Bertz CT molecular complexity index is 271. The van der Waals surface area contributed by atoms with Crippen molar-refractivity contribution in [2.45, 2.75) is 45.3 Å². The molecule has 1 aliphatic rings. The van der Waals surface area contributed by atoms with Gasteiger partial charge in [-0.1, -0.05) is 13.8 Å². The fraction of sp³-hybridized carbons (Fsp3) is 1.00. The van der Waals surface area contributed by atoms with Crippen molar-refractivity contribution in [3.05, 3.63) is 20.2 Å². The molecule has 0 amide bonds. The minimum absolute atomic E-state index is 0.171. The molecule has 0 saturated heterocycles. The molecule has 0 bridgehead atoms. The Balaban J connectivity index is 2.58. The van der Waals surface area contributed by atoms with E-state index in [0.29, 0.717) is 18.8 Å². The van der Waals surface area contributed by atoms with E-state index in [-0.39, 0.29) is 5.92 Å². The highest BCUT2D eigenvalue weighted by atomic mass is 17.0. The van der Waals surface area contributed by atoms with Crippen LogP contribution in [0.3, 0.4) is 0 Å². The van der Waals surface area contributed by atoms with E-state index < -0.39 is 22.4 Å². The summed E-state index contributed by atoms with van der Waals surface area (Å²) in [6.45, 7) is 4.07. The van der Waals surface area contributed by atoms with Crippen LogP contribution in [0.5, 0.6) is 0 Å². The molecule has 8 heteroatoms. The third kappa shape index (κ3) is 4.41. The van der Waals surface area contributed by atoms with Gasteiger partial charge < -0.3 is 9.68 Å². The summed E-state index contributed by atoms with van der Waals surface area (Å²) in [5.74, 6) is 0.607. The lowest BCUT2D eigenvalue weighted by atomic mass is 9.96. The molecule has 0 aromatic rings. The molecule has 3 atom stereocenters. The van der Waals surface area contributed by atoms with Crippen LogP contribution < -0.4 is 0 Å². The maximum absolute atomic E-state index is 10.3. The molecule has 8 nitrogen and oxygen atoms in total. The maximum Gasteiger partial charge on any atom is 0.294 e. The van der Waals surface area contributed by atoms with E-state index in [2.05, 4.69) is 9.68 Å². The second-order valence-corrected chi connectivity index (χ2v) is 4.70. The molecule has 1 rings (SSSR count). The molecule has 0 aromatic carbocycles. The maximum atomic E-state index is 10.3. The zero-order chi connectivity index (χ0) is 13.0. The van der Waals surface area contributed by atoms with Gasteiger partial charge in [-0.2, -0.15) is 0 Å². The van der Waals surface area contributed by atoms with Gasteiger partial charge in [-0.3, -0.25) is 0 Å². The van der Waals surface area contributed by atoms with E-state index in [1.807, 2.05) is 13.8 Å². The number of rotatable bonds is 6. The lowest BCUT2D eigenvalue weighted by Gasteiger charge is -2.14. The van der Waals surface area contributed by atoms with E-state index >= 15 is 0 Å². The van der Waals surface area contributed by atoms with Crippen LogP contribution in [0.4, 0.5) is 0 Å². The van der Waals surface area contributed by atoms with Gasteiger partial charge in [-0.15, -0.1) is 20.2 Å². The average Bonchev–Trinajstić information content (AvgIpc) is 2.44. The third-order valence-electron chi connectivity index (χ3n) is 2.79. The van der Waals surface area contributed by atoms with E-state index in [0.717, 1.165) is 6.42 Å². The molecule has 1 saturated carbocycles. The Morgan fingerprint density at radius 2 is 1.53 bits per heavy atom. The van der Waals surface area contributed by atoms with Crippen LogP contribution in [-0.4, -0.2) is 22.4 Å². The first-order chi connectivity index (χ1) is 7.88. The summed E-state index contributed by atoms with van der Waals surface area (Å²) in [6.07, 6.45) is 0.0445. The summed E-state index contributed by atoms with van der Waals surface area (Å²) in [5.41, 5.74) is 0. The van der Waals surface area contributed by atoms with Crippen molar-refractivity contribution < 1.29 is 19.8 Å². The Morgan fingerprint density at radius 1 is 1.12 bits per heavy atom. The summed E-state index contributed by atoms with van der Waals surface area (Å²) < 4.78 is 0. The normalized spacial score (nSPS) is 28.1. The highest BCUT2D eigenvalue weighted by Crippen LogP contribution is 2.34. The van der Waals surface area contributed by atoms with Crippen LogP contribution in [-0.2, 0) is 9.68 Å². The Morgan fingerprint density at radius 3 is 1.82 bits per heavy atom. The second kappa shape index (κ2) is 5.65. The van der Waals surface area contributed by atoms with Crippen molar-refractivity contribution in [1.82, 2.24) is 0 Å². The van der Waals surface area contributed by atoms with Gasteiger partial charge in [0.2, 0.25) is 0 Å². The summed E-state index contributed by atoms with van der Waals surface area (Å²) >= 11 is 0. The fourth-order valence-corrected chi connectivity index (χ4v) is 2.36. The van der Waals surface area contributed by atoms with E-state index in [1.54, 1.807) is 0 Å². The molecule has 0 aromatic heterocycles.